The summed E-state index contributed by atoms with van der Waals surface area (Å²) in [5.41, 5.74) is 9.87. The Morgan fingerprint density at radius 1 is 0.516 bits per heavy atom. The monoisotopic (exact) mass is 899 g/mol. The summed E-state index contributed by atoms with van der Waals surface area (Å²) in [6.07, 6.45) is 10.9. The average molecular weight is 899 g/mol. The number of nitrogens with zero attached hydrogens (tertiary/aromatic N) is 8. The maximum absolute atomic E-state index is 6.80. The summed E-state index contributed by atoms with van der Waals surface area (Å²) >= 11 is 0. The minimum Gasteiger partial charge on any atom is -0.475 e. The molecule has 0 aromatic heterocycles. The summed E-state index contributed by atoms with van der Waals surface area (Å²) in [6.45, 7) is 37.6. The number of aliphatic imine (C=N–C) groups is 1. The fourth-order valence-corrected chi connectivity index (χ4v) is 11.7. The molecule has 16 heteroatoms. The van der Waals surface area contributed by atoms with Crippen LogP contribution in [0.25, 0.3) is 0 Å². The molecule has 4 saturated heterocycles. The molecule has 6 rings (SSSR count). The molecule has 64 heavy (non-hydrogen) atoms. The van der Waals surface area contributed by atoms with E-state index in [9.17, 15) is 0 Å². The van der Waals surface area contributed by atoms with E-state index in [1.807, 2.05) is 12.2 Å². The fraction of sp³-hybridized carbons (Fsp3) is 0.875. The van der Waals surface area contributed by atoms with E-state index in [0.29, 0.717) is 36.5 Å². The van der Waals surface area contributed by atoms with Crippen LogP contribution in [0.5, 0.6) is 0 Å². The van der Waals surface area contributed by atoms with Crippen molar-refractivity contribution in [2.75, 3.05) is 41.3 Å². The second-order valence-corrected chi connectivity index (χ2v) is 24.9. The predicted octanol–water partition coefficient (Wildman–Crippen LogP) is 6.62. The fourth-order valence-electron chi connectivity index (χ4n) is 11.7. The van der Waals surface area contributed by atoms with Crippen LogP contribution in [0.1, 0.15) is 162 Å². The van der Waals surface area contributed by atoms with Gasteiger partial charge in [-0.25, -0.2) is 15.7 Å². The van der Waals surface area contributed by atoms with Crippen LogP contribution >= 0.6 is 0 Å². The van der Waals surface area contributed by atoms with Crippen molar-refractivity contribution in [2.45, 2.75) is 231 Å². The Balaban J connectivity index is 1.19. The molecule has 0 spiro atoms. The van der Waals surface area contributed by atoms with Gasteiger partial charge in [0.1, 0.15) is 18.0 Å². The average Bonchev–Trinajstić information content (AvgIpc) is 3.11. The van der Waals surface area contributed by atoms with Gasteiger partial charge >= 0.3 is 0 Å². The number of piperidine rings is 4. The van der Waals surface area contributed by atoms with Crippen molar-refractivity contribution in [1.82, 2.24) is 51.8 Å². The molecule has 6 heterocycles. The third-order valence-electron chi connectivity index (χ3n) is 16.2. The molecule has 6 aliphatic heterocycles. The number of hydrazone groups is 1. The van der Waals surface area contributed by atoms with E-state index >= 15 is 0 Å². The standard InChI is InChI=1S/C48H90N12O4/c1-41(2)25-33(26-42(3,4)55(41)17)61-39-23-37(51-59(53-39)63-35-29-45(9,10)57(19)46(11,12)30-35)49-21-22-50-38-24-40(62-34-27-43(5,6)56(18)44(7,8)28-34)54-60(52-38)64-36-31-47(13,14)58(20)48(15,16)32-36/h23-24,33-36,53-54H,21-22,25-32H2,1-20H3,(H,49,51)(H,50,52). The molecule has 0 amide bonds. The van der Waals surface area contributed by atoms with Crippen LogP contribution in [-0.2, 0) is 19.1 Å². The van der Waals surface area contributed by atoms with Gasteiger partial charge in [0.05, 0.1) is 18.8 Å². The molecule has 0 aromatic rings. The zero-order chi connectivity index (χ0) is 47.6. The van der Waals surface area contributed by atoms with Crippen LogP contribution in [0.15, 0.2) is 34.0 Å². The first kappa shape index (κ1) is 50.6. The quantitative estimate of drug-likeness (QED) is 0.166. The molecule has 0 saturated carbocycles. The van der Waals surface area contributed by atoms with Gasteiger partial charge in [0.15, 0.2) is 5.84 Å². The Hall–Kier alpha value is -2.86. The number of hydrogen-bond donors (Lipinski definition) is 4. The van der Waals surface area contributed by atoms with Gasteiger partial charge in [-0.2, -0.15) is 0 Å². The van der Waals surface area contributed by atoms with Crippen LogP contribution in [-0.4, -0.2) is 152 Å². The van der Waals surface area contributed by atoms with E-state index in [2.05, 4.69) is 180 Å². The molecule has 0 bridgehead atoms. The smallest absolute Gasteiger partial charge is 0.213 e. The van der Waals surface area contributed by atoms with Crippen molar-refractivity contribution in [1.29, 1.82) is 0 Å². The Kier molecular flexibility index (Phi) is 13.9. The van der Waals surface area contributed by atoms with Gasteiger partial charge in [-0.1, -0.05) is 5.28 Å². The van der Waals surface area contributed by atoms with E-state index in [-0.39, 0.29) is 68.7 Å². The normalized spacial score (nSPS) is 29.8. The minimum absolute atomic E-state index is 0.00595. The number of hydrazine groups is 3. The van der Waals surface area contributed by atoms with E-state index in [4.69, 9.17) is 29.2 Å². The highest BCUT2D eigenvalue weighted by Crippen LogP contribution is 2.42. The van der Waals surface area contributed by atoms with Gasteiger partial charge < -0.3 is 14.8 Å². The van der Waals surface area contributed by atoms with Gasteiger partial charge in [0.2, 0.25) is 11.8 Å². The largest absolute Gasteiger partial charge is 0.475 e. The maximum Gasteiger partial charge on any atom is 0.213 e. The van der Waals surface area contributed by atoms with Gasteiger partial charge in [-0.3, -0.25) is 34.9 Å². The van der Waals surface area contributed by atoms with E-state index in [1.165, 1.54) is 5.28 Å². The summed E-state index contributed by atoms with van der Waals surface area (Å²) in [5, 5.41) is 11.5. The Morgan fingerprint density at radius 2 is 0.875 bits per heavy atom. The molecule has 4 fully saturated rings. The highest BCUT2D eigenvalue weighted by Gasteiger charge is 2.48. The summed E-state index contributed by atoms with van der Waals surface area (Å²) < 4.78 is 13.6. The van der Waals surface area contributed by atoms with Crippen LogP contribution in [0.3, 0.4) is 0 Å². The number of likely N-dealkylation sites (tertiary alicyclic amines) is 4. The first-order valence-electron chi connectivity index (χ1n) is 24.0. The lowest BCUT2D eigenvalue weighted by Gasteiger charge is -2.54. The van der Waals surface area contributed by atoms with Crippen molar-refractivity contribution in [2.24, 2.45) is 10.1 Å². The predicted molar refractivity (Wildman–Crippen MR) is 257 cm³/mol. The Bertz CT molecular complexity index is 1730. The summed E-state index contributed by atoms with van der Waals surface area (Å²) in [4.78, 5) is 28.2. The van der Waals surface area contributed by atoms with E-state index in [1.54, 1.807) is 5.28 Å². The van der Waals surface area contributed by atoms with Crippen molar-refractivity contribution < 1.29 is 19.1 Å². The lowest BCUT2D eigenvalue weighted by molar-refractivity contribution is -0.275. The molecular weight excluding hydrogens is 809 g/mol. The zero-order valence-electron chi connectivity index (χ0n) is 43.7. The van der Waals surface area contributed by atoms with Gasteiger partial charge in [-0.15, -0.1) is 5.10 Å². The number of ether oxygens (including phenoxy) is 2. The van der Waals surface area contributed by atoms with Crippen molar-refractivity contribution in [3.63, 3.8) is 0 Å². The summed E-state index contributed by atoms with van der Waals surface area (Å²) in [6, 6.07) is 0. The van der Waals surface area contributed by atoms with Gasteiger partial charge in [-0.05, 0) is 165 Å². The minimum atomic E-state index is -0.0525. The second-order valence-electron chi connectivity index (χ2n) is 24.9. The topological polar surface area (TPSA) is 129 Å². The second kappa shape index (κ2) is 17.7. The number of amidine groups is 2. The molecular formula is C48H90N12O4. The molecule has 0 unspecified atom stereocenters. The van der Waals surface area contributed by atoms with E-state index in [0.717, 1.165) is 51.4 Å². The third-order valence-corrected chi connectivity index (χ3v) is 16.2. The molecule has 0 aromatic carbocycles. The van der Waals surface area contributed by atoms with Crippen molar-refractivity contribution in [3.8, 4) is 0 Å². The first-order chi connectivity index (χ1) is 29.2. The summed E-state index contributed by atoms with van der Waals surface area (Å²) in [5.74, 6) is 2.49. The third kappa shape index (κ3) is 11.4. The van der Waals surface area contributed by atoms with Crippen LogP contribution in [0, 0.1) is 0 Å². The van der Waals surface area contributed by atoms with Crippen LogP contribution in [0.2, 0.25) is 0 Å². The number of hydrogen-bond acceptors (Lipinski definition) is 15. The Labute approximate surface area is 387 Å². The molecule has 4 N–H and O–H groups in total. The lowest BCUT2D eigenvalue weighted by Crippen LogP contribution is -2.63. The Morgan fingerprint density at radius 3 is 1.28 bits per heavy atom. The first-order valence-corrected chi connectivity index (χ1v) is 24.0. The number of nitrogens with one attached hydrogen (secondary N) is 4. The summed E-state index contributed by atoms with van der Waals surface area (Å²) in [7, 11) is 8.85. The van der Waals surface area contributed by atoms with Crippen molar-refractivity contribution >= 4 is 11.7 Å². The molecule has 6 aliphatic rings. The SMILES string of the molecule is CN1C(C)(C)CC(OC2=CC(NCCN=C3C=C(OC4CC(C)(C)N(C)C(C)(C)C4)NN(OC4CC(C)(C)N(C)C(C)(C)C4)N3)=NN(OC3CC(C)(C)N(C)C(C)(C)C3)N2)CC1(C)C. The van der Waals surface area contributed by atoms with Gasteiger partial charge in [0, 0.05) is 94.0 Å². The van der Waals surface area contributed by atoms with Crippen molar-refractivity contribution in [3.05, 3.63) is 23.9 Å². The maximum atomic E-state index is 6.80. The highest BCUT2D eigenvalue weighted by atomic mass is 16.8. The molecule has 366 valence electrons. The molecule has 0 aliphatic carbocycles. The molecule has 0 atom stereocenters. The van der Waals surface area contributed by atoms with Crippen LogP contribution in [0.4, 0.5) is 0 Å². The van der Waals surface area contributed by atoms with Crippen LogP contribution < -0.4 is 21.6 Å². The highest BCUT2D eigenvalue weighted by molar-refractivity contribution is 5.94. The number of rotatable bonds is 11. The lowest BCUT2D eigenvalue weighted by atomic mass is 9.79. The molecule has 0 radical (unpaired) electrons. The zero-order valence-corrected chi connectivity index (χ0v) is 43.7. The molecule has 16 nitrogen and oxygen atoms in total. The van der Waals surface area contributed by atoms with Gasteiger partial charge in [0.25, 0.3) is 0 Å². The van der Waals surface area contributed by atoms with E-state index < -0.39 is 0 Å².